The van der Waals surface area contributed by atoms with E-state index in [-0.39, 0.29) is 0 Å². The molecule has 2 heterocycles. The fraction of sp³-hybridized carbons (Fsp3) is 0.133. The van der Waals surface area contributed by atoms with Crippen LogP contribution in [0, 0.1) is 0 Å². The molecule has 0 fully saturated rings. The molecule has 0 amide bonds. The Morgan fingerprint density at radius 3 is 2.79 bits per heavy atom. The molecule has 3 rings (SSSR count). The van der Waals surface area contributed by atoms with E-state index in [1.54, 1.807) is 13.4 Å². The highest BCUT2D eigenvalue weighted by Gasteiger charge is 2.11. The van der Waals surface area contributed by atoms with Crippen molar-refractivity contribution in [3.8, 4) is 28.5 Å². The molecule has 4 nitrogen and oxygen atoms in total. The third-order valence-corrected chi connectivity index (χ3v) is 3.02. The molecule has 0 radical (unpaired) electrons. The van der Waals surface area contributed by atoms with Gasteiger partial charge in [0.2, 0.25) is 0 Å². The highest BCUT2D eigenvalue weighted by Crippen LogP contribution is 2.27. The quantitative estimate of drug-likeness (QED) is 0.719. The lowest BCUT2D eigenvalue weighted by Gasteiger charge is -2.01. The minimum atomic E-state index is 0.809. The molecule has 19 heavy (non-hydrogen) atoms. The normalized spacial score (nSPS) is 10.6. The van der Waals surface area contributed by atoms with Crippen molar-refractivity contribution < 1.29 is 9.15 Å². The maximum Gasteiger partial charge on any atom is 0.151 e. The Balaban J connectivity index is 2.04. The number of ether oxygens (including phenoxy) is 1. The average molecular weight is 254 g/mol. The first-order valence-electron chi connectivity index (χ1n) is 6.00. The van der Waals surface area contributed by atoms with Crippen molar-refractivity contribution in [3.63, 3.8) is 0 Å². The lowest BCUT2D eigenvalue weighted by molar-refractivity contribution is 0.415. The van der Waals surface area contributed by atoms with Gasteiger partial charge in [0.25, 0.3) is 0 Å². The number of hydrogen-bond donors (Lipinski definition) is 0. The predicted molar refractivity (Wildman–Crippen MR) is 72.9 cm³/mol. The van der Waals surface area contributed by atoms with Crippen molar-refractivity contribution in [2.45, 2.75) is 0 Å². The van der Waals surface area contributed by atoms with E-state index >= 15 is 0 Å². The highest BCUT2D eigenvalue weighted by atomic mass is 16.5. The van der Waals surface area contributed by atoms with E-state index in [1.807, 2.05) is 54.2 Å². The third-order valence-electron chi connectivity index (χ3n) is 3.02. The summed E-state index contributed by atoms with van der Waals surface area (Å²) in [6, 6.07) is 13.6. The van der Waals surface area contributed by atoms with Crippen LogP contribution in [0.25, 0.3) is 22.7 Å². The van der Waals surface area contributed by atoms with Gasteiger partial charge in [-0.3, -0.25) is 4.68 Å². The van der Waals surface area contributed by atoms with E-state index in [1.165, 1.54) is 0 Å². The topological polar surface area (TPSA) is 40.2 Å². The van der Waals surface area contributed by atoms with Gasteiger partial charge >= 0.3 is 0 Å². The summed E-state index contributed by atoms with van der Waals surface area (Å²) < 4.78 is 12.5. The third kappa shape index (κ3) is 2.12. The first-order valence-corrected chi connectivity index (χ1v) is 6.00. The van der Waals surface area contributed by atoms with E-state index in [2.05, 4.69) is 5.10 Å². The maximum atomic E-state index is 5.41. The molecule has 0 saturated heterocycles. The average Bonchev–Trinajstić information content (AvgIpc) is 3.07. The number of benzene rings is 1. The van der Waals surface area contributed by atoms with Crippen molar-refractivity contribution in [2.75, 3.05) is 7.11 Å². The molecule has 0 aliphatic heterocycles. The van der Waals surface area contributed by atoms with Gasteiger partial charge in [0, 0.05) is 12.6 Å². The molecule has 0 N–H and O–H groups in total. The van der Waals surface area contributed by atoms with Crippen LogP contribution in [-0.4, -0.2) is 16.9 Å². The summed E-state index contributed by atoms with van der Waals surface area (Å²) in [7, 11) is 3.56. The first kappa shape index (κ1) is 11.6. The van der Waals surface area contributed by atoms with Crippen LogP contribution in [0.3, 0.4) is 0 Å². The molecule has 0 atom stereocenters. The van der Waals surface area contributed by atoms with Gasteiger partial charge in [0.15, 0.2) is 5.76 Å². The smallest absolute Gasteiger partial charge is 0.151 e. The van der Waals surface area contributed by atoms with Gasteiger partial charge in [-0.05, 0) is 30.3 Å². The molecule has 0 aliphatic carbocycles. The Hall–Kier alpha value is -2.49. The molecule has 3 aromatic rings. The number of rotatable bonds is 3. The fourth-order valence-electron chi connectivity index (χ4n) is 2.05. The Kier molecular flexibility index (Phi) is 2.83. The fourth-order valence-corrected chi connectivity index (χ4v) is 2.05. The molecule has 4 heteroatoms. The van der Waals surface area contributed by atoms with Crippen LogP contribution in [0.5, 0.6) is 5.75 Å². The van der Waals surface area contributed by atoms with Gasteiger partial charge < -0.3 is 9.15 Å². The molecule has 0 saturated carbocycles. The van der Waals surface area contributed by atoms with E-state index < -0.39 is 0 Å². The number of furan rings is 1. The summed E-state index contributed by atoms with van der Waals surface area (Å²) in [5, 5.41) is 4.51. The maximum absolute atomic E-state index is 5.41. The first-order chi connectivity index (χ1) is 9.28. The van der Waals surface area contributed by atoms with E-state index in [9.17, 15) is 0 Å². The molecular formula is C15H14N2O2. The lowest BCUT2D eigenvalue weighted by Crippen LogP contribution is -1.92. The molecule has 0 unspecified atom stereocenters. The molecule has 1 aromatic carbocycles. The van der Waals surface area contributed by atoms with Gasteiger partial charge in [-0.2, -0.15) is 5.10 Å². The summed E-state index contributed by atoms with van der Waals surface area (Å²) >= 11 is 0. The minimum Gasteiger partial charge on any atom is -0.497 e. The Morgan fingerprint density at radius 2 is 2.05 bits per heavy atom. The number of aryl methyl sites for hydroxylation is 1. The zero-order chi connectivity index (χ0) is 13.2. The minimum absolute atomic E-state index is 0.809. The monoisotopic (exact) mass is 254 g/mol. The van der Waals surface area contributed by atoms with Crippen molar-refractivity contribution in [3.05, 3.63) is 48.7 Å². The van der Waals surface area contributed by atoms with Gasteiger partial charge in [-0.1, -0.05) is 12.1 Å². The lowest BCUT2D eigenvalue weighted by atomic mass is 10.1. The molecule has 96 valence electrons. The van der Waals surface area contributed by atoms with Crippen molar-refractivity contribution >= 4 is 0 Å². The Morgan fingerprint density at radius 1 is 1.16 bits per heavy atom. The van der Waals surface area contributed by atoms with Crippen LogP contribution in [0.4, 0.5) is 0 Å². The predicted octanol–water partition coefficient (Wildman–Crippen LogP) is 3.36. The van der Waals surface area contributed by atoms with Crippen molar-refractivity contribution in [1.82, 2.24) is 9.78 Å². The van der Waals surface area contributed by atoms with Crippen molar-refractivity contribution in [2.24, 2.45) is 7.05 Å². The summed E-state index contributed by atoms with van der Waals surface area (Å²) in [5.41, 5.74) is 2.86. The second-order valence-electron chi connectivity index (χ2n) is 4.25. The summed E-state index contributed by atoms with van der Waals surface area (Å²) in [4.78, 5) is 0. The second kappa shape index (κ2) is 4.65. The number of hydrogen-bond acceptors (Lipinski definition) is 3. The molecule has 0 spiro atoms. The summed E-state index contributed by atoms with van der Waals surface area (Å²) in [5.74, 6) is 1.63. The van der Waals surface area contributed by atoms with Crippen LogP contribution < -0.4 is 4.74 Å². The number of nitrogens with zero attached hydrogens (tertiary/aromatic N) is 2. The Labute approximate surface area is 111 Å². The van der Waals surface area contributed by atoms with Crippen molar-refractivity contribution in [1.29, 1.82) is 0 Å². The van der Waals surface area contributed by atoms with Gasteiger partial charge in [0.05, 0.1) is 19.1 Å². The van der Waals surface area contributed by atoms with Crippen LogP contribution in [-0.2, 0) is 7.05 Å². The van der Waals surface area contributed by atoms with Gasteiger partial charge in [-0.25, -0.2) is 0 Å². The van der Waals surface area contributed by atoms with E-state index in [0.29, 0.717) is 0 Å². The van der Waals surface area contributed by atoms with Gasteiger partial charge in [0.1, 0.15) is 11.4 Å². The van der Waals surface area contributed by atoms with E-state index in [0.717, 1.165) is 28.5 Å². The van der Waals surface area contributed by atoms with E-state index in [4.69, 9.17) is 9.15 Å². The molecule has 0 aliphatic rings. The summed E-state index contributed by atoms with van der Waals surface area (Å²) in [6.45, 7) is 0. The zero-order valence-corrected chi connectivity index (χ0v) is 10.8. The highest BCUT2D eigenvalue weighted by molar-refractivity contribution is 5.67. The van der Waals surface area contributed by atoms with Crippen LogP contribution in [0.15, 0.2) is 53.1 Å². The standard InChI is InChI=1S/C15H14N2O2/c1-17-14(15-7-4-8-19-15)10-13(16-17)11-5-3-6-12(9-11)18-2/h3-10H,1-2H3. The Bertz CT molecular complexity index is 684. The van der Waals surface area contributed by atoms with Crippen LogP contribution in [0.1, 0.15) is 0 Å². The van der Waals surface area contributed by atoms with Crippen LogP contribution >= 0.6 is 0 Å². The summed E-state index contributed by atoms with van der Waals surface area (Å²) in [6.07, 6.45) is 1.66. The molecule has 0 bridgehead atoms. The van der Waals surface area contributed by atoms with Crippen LogP contribution in [0.2, 0.25) is 0 Å². The second-order valence-corrected chi connectivity index (χ2v) is 4.25. The number of methoxy groups -OCH3 is 1. The molecule has 2 aromatic heterocycles. The van der Waals surface area contributed by atoms with Gasteiger partial charge in [-0.15, -0.1) is 0 Å². The SMILES string of the molecule is COc1cccc(-c2cc(-c3ccco3)n(C)n2)c1. The largest absolute Gasteiger partial charge is 0.497 e. The molecular weight excluding hydrogens is 240 g/mol. The number of aromatic nitrogens is 2. The zero-order valence-electron chi connectivity index (χ0n) is 10.8.